The predicted octanol–water partition coefficient (Wildman–Crippen LogP) is 5.46. The number of alkyl carbamates (subject to hydrolysis) is 1. The molecule has 3 aromatic rings. The van der Waals surface area contributed by atoms with Crippen molar-refractivity contribution in [2.45, 2.75) is 45.3 Å². The van der Waals surface area contributed by atoms with Crippen molar-refractivity contribution in [1.29, 1.82) is 0 Å². The van der Waals surface area contributed by atoms with Gasteiger partial charge < -0.3 is 10.1 Å². The molecular formula is C20H18F6N4O2. The molecule has 32 heavy (non-hydrogen) atoms. The number of fused-ring (bicyclic) bond motifs is 1. The summed E-state index contributed by atoms with van der Waals surface area (Å²) >= 11 is 0. The Morgan fingerprint density at radius 1 is 1.03 bits per heavy atom. The van der Waals surface area contributed by atoms with Crippen LogP contribution in [0.4, 0.5) is 31.1 Å². The molecule has 0 radical (unpaired) electrons. The number of carbonyl (C=O) groups is 1. The van der Waals surface area contributed by atoms with Crippen molar-refractivity contribution < 1.29 is 35.9 Å². The zero-order valence-electron chi connectivity index (χ0n) is 17.1. The monoisotopic (exact) mass is 460 g/mol. The van der Waals surface area contributed by atoms with Gasteiger partial charge in [-0.3, -0.25) is 4.40 Å². The summed E-state index contributed by atoms with van der Waals surface area (Å²) in [5.41, 5.74) is -2.93. The average molecular weight is 460 g/mol. The van der Waals surface area contributed by atoms with E-state index in [1.807, 2.05) is 0 Å². The lowest BCUT2D eigenvalue weighted by Crippen LogP contribution is -2.32. The maximum absolute atomic E-state index is 13.4. The van der Waals surface area contributed by atoms with Gasteiger partial charge in [-0.25, -0.2) is 14.8 Å². The van der Waals surface area contributed by atoms with E-state index in [4.69, 9.17) is 4.74 Å². The lowest BCUT2D eigenvalue weighted by Gasteiger charge is -2.19. The van der Waals surface area contributed by atoms with Crippen LogP contribution in [0, 0.1) is 0 Å². The van der Waals surface area contributed by atoms with Crippen molar-refractivity contribution in [3.05, 3.63) is 53.6 Å². The third-order valence-electron chi connectivity index (χ3n) is 4.13. The van der Waals surface area contributed by atoms with E-state index < -0.39 is 35.3 Å². The van der Waals surface area contributed by atoms with Gasteiger partial charge in [-0.15, -0.1) is 0 Å². The zero-order chi connectivity index (χ0) is 23.9. The molecule has 6 nitrogen and oxygen atoms in total. The highest BCUT2D eigenvalue weighted by atomic mass is 19.4. The van der Waals surface area contributed by atoms with Gasteiger partial charge in [0.05, 0.1) is 24.0 Å². The van der Waals surface area contributed by atoms with Crippen LogP contribution in [0.5, 0.6) is 0 Å². The summed E-state index contributed by atoms with van der Waals surface area (Å²) in [5.74, 6) is 0. The van der Waals surface area contributed by atoms with Gasteiger partial charge in [0.2, 0.25) is 0 Å². The largest absolute Gasteiger partial charge is 0.444 e. The number of carbonyl (C=O) groups excluding carboxylic acids is 1. The van der Waals surface area contributed by atoms with Crippen LogP contribution >= 0.6 is 0 Å². The lowest BCUT2D eigenvalue weighted by molar-refractivity contribution is -0.141. The molecule has 0 fully saturated rings. The Balaban J connectivity index is 2.05. The van der Waals surface area contributed by atoms with E-state index in [0.717, 1.165) is 34.9 Å². The second kappa shape index (κ2) is 7.99. The molecule has 0 saturated carbocycles. The summed E-state index contributed by atoms with van der Waals surface area (Å²) in [7, 11) is 0. The number of nitrogens with one attached hydrogen (secondary N) is 1. The Hall–Kier alpha value is -3.31. The van der Waals surface area contributed by atoms with Gasteiger partial charge in [-0.1, -0.05) is 12.1 Å². The highest BCUT2D eigenvalue weighted by Gasteiger charge is 2.35. The van der Waals surface area contributed by atoms with E-state index in [-0.39, 0.29) is 29.1 Å². The van der Waals surface area contributed by atoms with Crippen LogP contribution in [-0.4, -0.2) is 26.1 Å². The lowest BCUT2D eigenvalue weighted by atomic mass is 10.1. The molecule has 1 aromatic carbocycles. The summed E-state index contributed by atoms with van der Waals surface area (Å²) in [6.07, 6.45) is -8.46. The number of alkyl halides is 6. The first kappa shape index (κ1) is 23.4. The van der Waals surface area contributed by atoms with E-state index in [0.29, 0.717) is 6.20 Å². The minimum Gasteiger partial charge on any atom is -0.444 e. The maximum Gasteiger partial charge on any atom is 0.433 e. The van der Waals surface area contributed by atoms with E-state index in [1.54, 1.807) is 20.8 Å². The van der Waals surface area contributed by atoms with Crippen molar-refractivity contribution in [2.24, 2.45) is 0 Å². The van der Waals surface area contributed by atoms with E-state index >= 15 is 0 Å². The van der Waals surface area contributed by atoms with Crippen LogP contribution in [-0.2, 0) is 23.6 Å². The Labute approximate surface area is 178 Å². The maximum atomic E-state index is 13.4. The number of hydrogen-bond acceptors (Lipinski definition) is 4. The number of halogens is 6. The van der Waals surface area contributed by atoms with Gasteiger partial charge in [0.15, 0.2) is 5.65 Å². The fourth-order valence-electron chi connectivity index (χ4n) is 2.82. The van der Waals surface area contributed by atoms with Crippen molar-refractivity contribution in [2.75, 3.05) is 0 Å². The number of nitrogens with zero attached hydrogens (tertiary/aromatic N) is 3. The predicted molar refractivity (Wildman–Crippen MR) is 102 cm³/mol. The van der Waals surface area contributed by atoms with Crippen LogP contribution in [0.25, 0.3) is 16.9 Å². The first-order chi connectivity index (χ1) is 14.6. The Morgan fingerprint density at radius 3 is 2.19 bits per heavy atom. The molecule has 0 bridgehead atoms. The molecule has 0 unspecified atom stereocenters. The standard InChI is InChI=1S/C20H18F6N4O2/c1-18(2,3)32-17(31)28-8-13-10-30-14(20(24,25)26)9-27-16(30)15(29-13)11-4-6-12(7-5-11)19(21,22)23/h4-7,9-10H,8H2,1-3H3,(H,28,31). The number of amides is 1. The molecule has 0 aliphatic heterocycles. The highest BCUT2D eigenvalue weighted by molar-refractivity contribution is 5.74. The minimum atomic E-state index is -4.74. The fourth-order valence-corrected chi connectivity index (χ4v) is 2.82. The molecule has 1 N–H and O–H groups in total. The number of hydrogen-bond donors (Lipinski definition) is 1. The summed E-state index contributed by atoms with van der Waals surface area (Å²) < 4.78 is 84.6. The highest BCUT2D eigenvalue weighted by Crippen LogP contribution is 2.34. The summed E-state index contributed by atoms with van der Waals surface area (Å²) in [6.45, 7) is 4.63. The van der Waals surface area contributed by atoms with Crippen LogP contribution < -0.4 is 5.32 Å². The van der Waals surface area contributed by atoms with Crippen molar-refractivity contribution in [1.82, 2.24) is 19.7 Å². The molecule has 12 heteroatoms. The zero-order valence-corrected chi connectivity index (χ0v) is 17.1. The van der Waals surface area contributed by atoms with E-state index in [1.165, 1.54) is 0 Å². The molecule has 0 spiro atoms. The van der Waals surface area contributed by atoms with Gasteiger partial charge in [0.25, 0.3) is 0 Å². The molecular weight excluding hydrogens is 442 g/mol. The second-order valence-corrected chi connectivity index (χ2v) is 7.85. The molecule has 0 atom stereocenters. The van der Waals surface area contributed by atoms with Crippen LogP contribution in [0.1, 0.15) is 37.7 Å². The van der Waals surface area contributed by atoms with Gasteiger partial charge in [0.1, 0.15) is 17.0 Å². The number of benzene rings is 1. The molecule has 0 aliphatic rings. The number of ether oxygens (including phenoxy) is 1. The molecule has 0 saturated heterocycles. The molecule has 1 amide bonds. The molecule has 2 aromatic heterocycles. The SMILES string of the molecule is CC(C)(C)OC(=O)NCc1cn2c(C(F)(F)F)cnc2c(-c2ccc(C(F)(F)F)cc2)n1. The second-order valence-electron chi connectivity index (χ2n) is 7.85. The third-order valence-corrected chi connectivity index (χ3v) is 4.13. The molecule has 2 heterocycles. The summed E-state index contributed by atoms with van der Waals surface area (Å²) in [6, 6.07) is 3.79. The van der Waals surface area contributed by atoms with Crippen LogP contribution in [0.3, 0.4) is 0 Å². The Morgan fingerprint density at radius 2 is 1.66 bits per heavy atom. The van der Waals surface area contributed by atoms with Crippen molar-refractivity contribution in [3.63, 3.8) is 0 Å². The van der Waals surface area contributed by atoms with E-state index in [2.05, 4.69) is 15.3 Å². The van der Waals surface area contributed by atoms with Crippen molar-refractivity contribution >= 4 is 11.7 Å². The fraction of sp³-hybridized carbons (Fsp3) is 0.350. The van der Waals surface area contributed by atoms with E-state index in [9.17, 15) is 31.1 Å². The Bertz CT molecular complexity index is 1130. The smallest absolute Gasteiger partial charge is 0.433 e. The average Bonchev–Trinajstić information content (AvgIpc) is 3.08. The van der Waals surface area contributed by atoms with Gasteiger partial charge in [-0.05, 0) is 32.9 Å². The summed E-state index contributed by atoms with van der Waals surface area (Å²) in [5, 5.41) is 2.39. The van der Waals surface area contributed by atoms with Crippen LogP contribution in [0.15, 0.2) is 36.7 Å². The van der Waals surface area contributed by atoms with Gasteiger partial charge in [-0.2, -0.15) is 26.3 Å². The molecule has 3 rings (SSSR count). The van der Waals surface area contributed by atoms with Gasteiger partial charge in [0, 0.05) is 11.8 Å². The first-order valence-electron chi connectivity index (χ1n) is 9.24. The van der Waals surface area contributed by atoms with Gasteiger partial charge >= 0.3 is 18.4 Å². The minimum absolute atomic E-state index is 0.0155. The normalized spacial score (nSPS) is 12.8. The molecule has 172 valence electrons. The molecule has 0 aliphatic carbocycles. The summed E-state index contributed by atoms with van der Waals surface area (Å²) in [4.78, 5) is 19.9. The van der Waals surface area contributed by atoms with Crippen LogP contribution in [0.2, 0.25) is 0 Å². The Kier molecular flexibility index (Phi) is 5.83. The topological polar surface area (TPSA) is 68.5 Å². The first-order valence-corrected chi connectivity index (χ1v) is 9.24. The number of imidazole rings is 1. The third kappa shape index (κ3) is 5.29. The quantitative estimate of drug-likeness (QED) is 0.528. The van der Waals surface area contributed by atoms with Crippen molar-refractivity contribution in [3.8, 4) is 11.3 Å². The number of aromatic nitrogens is 3. The number of rotatable bonds is 3.